The molecule has 60 heavy (non-hydrogen) atoms. The van der Waals surface area contributed by atoms with Gasteiger partial charge in [-0.25, -0.2) is 0 Å². The van der Waals surface area contributed by atoms with Crippen LogP contribution in [0.15, 0.2) is 48.5 Å². The van der Waals surface area contributed by atoms with E-state index in [0.717, 1.165) is 48.8 Å². The predicted molar refractivity (Wildman–Crippen MR) is 221 cm³/mol. The Balaban J connectivity index is 1.12. The second-order valence-electron chi connectivity index (χ2n) is 16.8. The Hall–Kier alpha value is -5.31. The zero-order chi connectivity index (χ0) is 42.8. The van der Waals surface area contributed by atoms with Crippen LogP contribution in [-0.4, -0.2) is 122 Å². The van der Waals surface area contributed by atoms with Crippen LogP contribution in [0.1, 0.15) is 81.4 Å². The molecule has 15 heteroatoms. The molecule has 2 aliphatic carbocycles. The number of nitrogens with zero attached hydrogens (tertiary/aromatic N) is 2. The second-order valence-corrected chi connectivity index (χ2v) is 16.8. The molecule has 0 radical (unpaired) electrons. The van der Waals surface area contributed by atoms with Gasteiger partial charge in [-0.15, -0.1) is 0 Å². The summed E-state index contributed by atoms with van der Waals surface area (Å²) in [5, 5.41) is 10.9. The smallest absolute Gasteiger partial charge is 0.290 e. The third kappa shape index (κ3) is 11.3. The van der Waals surface area contributed by atoms with Crippen molar-refractivity contribution in [2.24, 2.45) is 11.8 Å². The molecule has 0 aromatic heterocycles. The Morgan fingerprint density at radius 2 is 1.65 bits per heavy atom. The van der Waals surface area contributed by atoms with Crippen molar-refractivity contribution >= 4 is 41.2 Å². The van der Waals surface area contributed by atoms with Crippen molar-refractivity contribution in [3.8, 4) is 5.75 Å². The summed E-state index contributed by atoms with van der Waals surface area (Å²) in [6.07, 6.45) is 6.48. The van der Waals surface area contributed by atoms with Gasteiger partial charge < -0.3 is 40.5 Å². The Kier molecular flexibility index (Phi) is 15.3. The third-order valence-corrected chi connectivity index (χ3v) is 12.1. The second kappa shape index (κ2) is 20.8. The van der Waals surface area contributed by atoms with Gasteiger partial charge in [-0.3, -0.25) is 33.6 Å². The SMILES string of the molecule is CCC[C@@H](NC(=O)[C@@H]1C[C@@H]2CN1C(=O)[C@H](C1CCCCC1)NC(=O)Cc1cccc(c1)OCCCO2)C(=O)C(=O)NCC(=O)N[C@H](C(=O)N(C)C)C1Cc2ccccc2C1. The zero-order valence-electron chi connectivity index (χ0n) is 35.0. The van der Waals surface area contributed by atoms with Gasteiger partial charge in [0.1, 0.15) is 23.9 Å². The number of hydrogen-bond donors (Lipinski definition) is 4. The summed E-state index contributed by atoms with van der Waals surface area (Å²) in [6.45, 7) is 2.06. The Morgan fingerprint density at radius 1 is 0.917 bits per heavy atom. The van der Waals surface area contributed by atoms with Gasteiger partial charge in [-0.2, -0.15) is 0 Å². The van der Waals surface area contributed by atoms with Gasteiger partial charge in [0, 0.05) is 33.5 Å². The number of rotatable bonds is 12. The molecule has 0 unspecified atom stereocenters. The fourth-order valence-corrected chi connectivity index (χ4v) is 9.04. The van der Waals surface area contributed by atoms with Gasteiger partial charge in [-0.1, -0.05) is 69.0 Å². The van der Waals surface area contributed by atoms with E-state index in [-0.39, 0.29) is 55.4 Å². The maximum atomic E-state index is 14.6. The molecule has 1 saturated heterocycles. The van der Waals surface area contributed by atoms with Crippen LogP contribution in [0.3, 0.4) is 0 Å². The van der Waals surface area contributed by atoms with Crippen LogP contribution < -0.4 is 26.0 Å². The standard InChI is InChI=1S/C45H60N6O9/c1-4-12-35(41(54)43(56)46-26-38(53)49-40(44(57)50(2)3)32-23-30-16-8-9-17-31(30)24-32)47-42(55)36-25-34-27-51(36)45(58)39(29-14-6-5-7-15-29)48-37(52)22-28-13-10-18-33(21-28)59-19-11-20-60-34/h8-10,13,16-18,21,29,32,34-36,39-40H,4-7,11-12,14-15,19-20,22-27H2,1-3H3,(H,46,56)(H,47,55)(H,48,52)(H,49,53)/t34-,35-,36+,39+,40+/m1/s1. The summed E-state index contributed by atoms with van der Waals surface area (Å²) in [4.78, 5) is 98.5. The average Bonchev–Trinajstić information content (AvgIpc) is 3.88. The topological polar surface area (TPSA) is 193 Å². The molecule has 4 aliphatic rings. The Labute approximate surface area is 352 Å². The minimum Gasteiger partial charge on any atom is -0.493 e. The number of Topliss-reactive ketones (excluding diaryl/α,β-unsaturated/α-hetero) is 1. The summed E-state index contributed by atoms with van der Waals surface area (Å²) in [5.41, 5.74) is 2.98. The summed E-state index contributed by atoms with van der Waals surface area (Å²) in [7, 11) is 3.23. The molecule has 5 atom stereocenters. The van der Waals surface area contributed by atoms with Crippen molar-refractivity contribution in [2.75, 3.05) is 40.4 Å². The zero-order valence-corrected chi connectivity index (χ0v) is 35.0. The number of nitrogens with one attached hydrogen (secondary N) is 4. The van der Waals surface area contributed by atoms with Crippen LogP contribution >= 0.6 is 0 Å². The maximum Gasteiger partial charge on any atom is 0.290 e. The highest BCUT2D eigenvalue weighted by Gasteiger charge is 2.45. The average molecular weight is 829 g/mol. The highest BCUT2D eigenvalue weighted by Crippen LogP contribution is 2.31. The summed E-state index contributed by atoms with van der Waals surface area (Å²) in [5.74, 6) is -3.85. The van der Waals surface area contributed by atoms with Crippen LogP contribution in [0.5, 0.6) is 5.75 Å². The molecule has 4 bridgehead atoms. The van der Waals surface area contributed by atoms with Crippen molar-refractivity contribution < 1.29 is 43.0 Å². The highest BCUT2D eigenvalue weighted by atomic mass is 16.5. The number of benzene rings is 2. The first-order valence-corrected chi connectivity index (χ1v) is 21.5. The van der Waals surface area contributed by atoms with Crippen molar-refractivity contribution in [3.63, 3.8) is 0 Å². The Bertz CT molecular complexity index is 1870. The van der Waals surface area contributed by atoms with Crippen LogP contribution in [0.4, 0.5) is 0 Å². The fraction of sp³-hybridized carbons (Fsp3) is 0.578. The van der Waals surface area contributed by atoms with Gasteiger partial charge in [0.2, 0.25) is 35.3 Å². The molecule has 2 fully saturated rings. The van der Waals surface area contributed by atoms with E-state index >= 15 is 0 Å². The molecule has 1 saturated carbocycles. The van der Waals surface area contributed by atoms with Gasteiger partial charge in [0.25, 0.3) is 5.91 Å². The first-order valence-electron chi connectivity index (χ1n) is 21.5. The lowest BCUT2D eigenvalue weighted by atomic mass is 9.83. The van der Waals surface area contributed by atoms with Crippen LogP contribution in [0, 0.1) is 11.8 Å². The van der Waals surface area contributed by atoms with E-state index in [1.807, 2.05) is 55.5 Å². The monoisotopic (exact) mass is 828 g/mol. The molecular formula is C45H60N6O9. The van der Waals surface area contributed by atoms with Crippen LogP contribution in [-0.2, 0) is 57.6 Å². The van der Waals surface area contributed by atoms with Gasteiger partial charge in [0.05, 0.1) is 38.3 Å². The largest absolute Gasteiger partial charge is 0.493 e. The van der Waals surface area contributed by atoms with E-state index in [2.05, 4.69) is 21.3 Å². The molecule has 2 heterocycles. The number of amides is 6. The van der Waals surface area contributed by atoms with Crippen LogP contribution in [0.2, 0.25) is 0 Å². The minimum atomic E-state index is -1.23. The van der Waals surface area contributed by atoms with Crippen molar-refractivity contribution in [2.45, 2.75) is 114 Å². The fourth-order valence-electron chi connectivity index (χ4n) is 9.04. The maximum absolute atomic E-state index is 14.6. The summed E-state index contributed by atoms with van der Waals surface area (Å²) in [6, 6.07) is 11.3. The van der Waals surface area contributed by atoms with E-state index in [1.165, 1.54) is 9.80 Å². The van der Waals surface area contributed by atoms with Crippen molar-refractivity contribution in [1.82, 2.24) is 31.1 Å². The van der Waals surface area contributed by atoms with E-state index in [9.17, 15) is 33.6 Å². The number of carbonyl (C=O) groups is 7. The number of ether oxygens (including phenoxy) is 2. The normalized spacial score (nSPS) is 22.4. The van der Waals surface area contributed by atoms with E-state index < -0.39 is 60.3 Å². The molecule has 4 N–H and O–H groups in total. The Morgan fingerprint density at radius 3 is 2.35 bits per heavy atom. The quantitative estimate of drug-likeness (QED) is 0.232. The van der Waals surface area contributed by atoms with E-state index in [0.29, 0.717) is 44.6 Å². The molecule has 0 spiro atoms. The predicted octanol–water partition coefficient (Wildman–Crippen LogP) is 2.02. The van der Waals surface area contributed by atoms with E-state index in [4.69, 9.17) is 9.47 Å². The van der Waals surface area contributed by atoms with Crippen molar-refractivity contribution in [1.29, 1.82) is 0 Å². The molecular weight excluding hydrogens is 769 g/mol. The molecule has 2 aliphatic heterocycles. The molecule has 2 aromatic rings. The molecule has 6 rings (SSSR count). The number of ketones is 1. The lowest BCUT2D eigenvalue weighted by Gasteiger charge is -2.35. The molecule has 15 nitrogen and oxygen atoms in total. The molecule has 2 aromatic carbocycles. The van der Waals surface area contributed by atoms with Crippen molar-refractivity contribution in [3.05, 3.63) is 65.2 Å². The first kappa shape index (κ1) is 44.2. The minimum absolute atomic E-state index is 0.0536. The highest BCUT2D eigenvalue weighted by molar-refractivity contribution is 6.38. The number of hydrogen-bond acceptors (Lipinski definition) is 9. The third-order valence-electron chi connectivity index (χ3n) is 12.1. The molecule has 6 amide bonds. The van der Waals surface area contributed by atoms with Crippen LogP contribution in [0.25, 0.3) is 0 Å². The first-order chi connectivity index (χ1) is 28.9. The summed E-state index contributed by atoms with van der Waals surface area (Å²) >= 11 is 0. The lowest BCUT2D eigenvalue weighted by Crippen LogP contribution is -2.58. The number of carbonyl (C=O) groups excluding carboxylic acids is 7. The molecule has 324 valence electrons. The summed E-state index contributed by atoms with van der Waals surface area (Å²) < 4.78 is 12.1. The number of likely N-dealkylation sites (N-methyl/N-ethyl adjacent to an activating group) is 1. The van der Waals surface area contributed by atoms with Gasteiger partial charge >= 0.3 is 0 Å². The van der Waals surface area contributed by atoms with E-state index in [1.54, 1.807) is 14.1 Å². The van der Waals surface area contributed by atoms with Gasteiger partial charge in [0.15, 0.2) is 0 Å². The van der Waals surface area contributed by atoms with Gasteiger partial charge in [-0.05, 0) is 72.8 Å². The lowest BCUT2D eigenvalue weighted by molar-refractivity contribution is -0.144. The number of fused-ring (bicyclic) bond motifs is 5.